The van der Waals surface area contributed by atoms with Crippen molar-refractivity contribution in [2.24, 2.45) is 0 Å². The van der Waals surface area contributed by atoms with Crippen LogP contribution in [0.2, 0.25) is 5.02 Å². The number of benzene rings is 3. The van der Waals surface area contributed by atoms with Crippen LogP contribution in [0.5, 0.6) is 11.5 Å². The van der Waals surface area contributed by atoms with Gasteiger partial charge in [-0.25, -0.2) is 8.42 Å². The molecule has 33 heavy (non-hydrogen) atoms. The Morgan fingerprint density at radius 1 is 0.939 bits per heavy atom. The fourth-order valence-electron chi connectivity index (χ4n) is 3.30. The summed E-state index contributed by atoms with van der Waals surface area (Å²) in [6.07, 6.45) is 0. The monoisotopic (exact) mass is 488 g/mol. The zero-order chi connectivity index (χ0) is 24.3. The summed E-state index contributed by atoms with van der Waals surface area (Å²) in [5.74, 6) is 0.347. The fourth-order valence-corrected chi connectivity index (χ4v) is 4.69. The number of carbonyl (C=O) groups is 1. The molecule has 0 aliphatic rings. The van der Waals surface area contributed by atoms with Gasteiger partial charge in [-0.05, 0) is 55.3 Å². The van der Waals surface area contributed by atoms with E-state index >= 15 is 0 Å². The van der Waals surface area contributed by atoms with Gasteiger partial charge in [0, 0.05) is 23.7 Å². The molecule has 7 nitrogen and oxygen atoms in total. The van der Waals surface area contributed by atoms with Gasteiger partial charge in [-0.15, -0.1) is 0 Å². The number of carbonyl (C=O) groups excluding carboxylic acids is 1. The van der Waals surface area contributed by atoms with Gasteiger partial charge < -0.3 is 14.8 Å². The molecule has 0 heterocycles. The molecular formula is C24H25ClN2O5S. The predicted molar refractivity (Wildman–Crippen MR) is 130 cm³/mol. The molecule has 3 rings (SSSR count). The third kappa shape index (κ3) is 4.91. The number of nitrogens with one attached hydrogen (secondary N) is 1. The Kier molecular flexibility index (Phi) is 7.19. The van der Waals surface area contributed by atoms with Crippen molar-refractivity contribution in [2.45, 2.75) is 18.7 Å². The van der Waals surface area contributed by atoms with Crippen molar-refractivity contribution in [3.8, 4) is 11.5 Å². The molecule has 0 spiro atoms. The average molecular weight is 489 g/mol. The van der Waals surface area contributed by atoms with Gasteiger partial charge in [-0.3, -0.25) is 9.10 Å². The number of hydrogen-bond acceptors (Lipinski definition) is 5. The molecule has 0 unspecified atom stereocenters. The minimum atomic E-state index is -3.96. The lowest BCUT2D eigenvalue weighted by molar-refractivity contribution is 0.102. The lowest BCUT2D eigenvalue weighted by atomic mass is 10.1. The second-order valence-corrected chi connectivity index (χ2v) is 9.75. The first-order valence-corrected chi connectivity index (χ1v) is 11.8. The third-order valence-corrected chi connectivity index (χ3v) is 7.44. The van der Waals surface area contributed by atoms with Gasteiger partial charge in [0.05, 0.1) is 30.5 Å². The van der Waals surface area contributed by atoms with E-state index in [4.69, 9.17) is 21.1 Å². The van der Waals surface area contributed by atoms with Crippen LogP contribution in [-0.4, -0.2) is 35.6 Å². The molecule has 0 radical (unpaired) electrons. The molecule has 0 saturated heterocycles. The van der Waals surface area contributed by atoms with E-state index in [0.29, 0.717) is 33.5 Å². The molecule has 1 N–H and O–H groups in total. The molecule has 0 aliphatic heterocycles. The van der Waals surface area contributed by atoms with E-state index in [2.05, 4.69) is 5.32 Å². The molecule has 0 saturated carbocycles. The first-order chi connectivity index (χ1) is 15.6. The number of aryl methyl sites for hydroxylation is 2. The average Bonchev–Trinajstić information content (AvgIpc) is 2.80. The summed E-state index contributed by atoms with van der Waals surface area (Å²) in [5, 5.41) is 3.30. The number of ether oxygens (including phenoxy) is 2. The summed E-state index contributed by atoms with van der Waals surface area (Å²) in [4.78, 5) is 13.1. The van der Waals surface area contributed by atoms with Crippen LogP contribution in [0.25, 0.3) is 0 Å². The Bertz CT molecular complexity index is 1310. The van der Waals surface area contributed by atoms with Crippen molar-refractivity contribution in [1.29, 1.82) is 0 Å². The van der Waals surface area contributed by atoms with Crippen LogP contribution >= 0.6 is 11.6 Å². The second kappa shape index (κ2) is 9.72. The van der Waals surface area contributed by atoms with E-state index in [1.54, 1.807) is 49.4 Å². The number of amides is 1. The van der Waals surface area contributed by atoms with E-state index in [-0.39, 0.29) is 10.5 Å². The van der Waals surface area contributed by atoms with Gasteiger partial charge in [0.1, 0.15) is 11.5 Å². The third-order valence-electron chi connectivity index (χ3n) is 5.27. The largest absolute Gasteiger partial charge is 0.495 e. The van der Waals surface area contributed by atoms with E-state index in [9.17, 15) is 13.2 Å². The number of rotatable bonds is 7. The van der Waals surface area contributed by atoms with Crippen LogP contribution in [0.4, 0.5) is 11.4 Å². The zero-order valence-electron chi connectivity index (χ0n) is 19.0. The van der Waals surface area contributed by atoms with Gasteiger partial charge in [0.15, 0.2) is 0 Å². The molecule has 3 aromatic rings. The molecule has 9 heteroatoms. The number of nitrogens with zero attached hydrogens (tertiary/aromatic N) is 1. The molecule has 1 amide bonds. The standard InChI is InChI=1S/C24H25ClN2O5S/c1-15-10-11-17(33(29,30)27(3)21-8-6-7-9-22(21)31-4)13-18(15)24(28)26-20-12-16(2)19(25)14-23(20)32-5/h6-14H,1-5H3,(H,26,28). The molecule has 0 aliphatic carbocycles. The van der Waals surface area contributed by atoms with E-state index in [1.807, 2.05) is 6.92 Å². The molecule has 174 valence electrons. The van der Waals surface area contributed by atoms with Gasteiger partial charge in [-0.1, -0.05) is 29.8 Å². The Morgan fingerprint density at radius 3 is 2.27 bits per heavy atom. The van der Waals surface area contributed by atoms with Crippen LogP contribution in [-0.2, 0) is 10.0 Å². The van der Waals surface area contributed by atoms with Gasteiger partial charge in [0.2, 0.25) is 0 Å². The van der Waals surface area contributed by atoms with Gasteiger partial charge >= 0.3 is 0 Å². The van der Waals surface area contributed by atoms with Crippen LogP contribution in [0.1, 0.15) is 21.5 Å². The molecule has 3 aromatic carbocycles. The predicted octanol–water partition coefficient (Wildman–Crippen LogP) is 5.05. The lowest BCUT2D eigenvalue weighted by Crippen LogP contribution is -2.27. The van der Waals surface area contributed by atoms with Gasteiger partial charge in [-0.2, -0.15) is 0 Å². The van der Waals surface area contributed by atoms with Crippen LogP contribution in [0.15, 0.2) is 59.5 Å². The van der Waals surface area contributed by atoms with E-state index < -0.39 is 15.9 Å². The SMILES string of the molecule is COc1cc(Cl)c(C)cc1NC(=O)c1cc(S(=O)(=O)N(C)c2ccccc2OC)ccc1C. The maximum atomic E-state index is 13.3. The fraction of sp³-hybridized carbons (Fsp3) is 0.208. The van der Waals surface area contributed by atoms with Crippen molar-refractivity contribution >= 4 is 38.9 Å². The highest BCUT2D eigenvalue weighted by Crippen LogP contribution is 2.33. The van der Waals surface area contributed by atoms with Crippen molar-refractivity contribution in [2.75, 3.05) is 30.9 Å². The second-order valence-electron chi connectivity index (χ2n) is 7.38. The summed E-state index contributed by atoms with van der Waals surface area (Å²) in [6.45, 7) is 3.54. The smallest absolute Gasteiger partial charge is 0.264 e. The number of sulfonamides is 1. The Balaban J connectivity index is 1.98. The van der Waals surface area contributed by atoms with Crippen LogP contribution in [0, 0.1) is 13.8 Å². The Morgan fingerprint density at radius 2 is 1.61 bits per heavy atom. The van der Waals surface area contributed by atoms with Crippen molar-refractivity contribution < 1.29 is 22.7 Å². The number of halogens is 1. The minimum absolute atomic E-state index is 0.0223. The van der Waals surface area contributed by atoms with Crippen molar-refractivity contribution in [3.05, 3.63) is 76.3 Å². The Labute approximate surface area is 198 Å². The number of hydrogen-bond donors (Lipinski definition) is 1. The molecule has 0 fully saturated rings. The summed E-state index contributed by atoms with van der Waals surface area (Å²) >= 11 is 6.14. The topological polar surface area (TPSA) is 84.9 Å². The molecular weight excluding hydrogens is 464 g/mol. The number of para-hydroxylation sites is 2. The first-order valence-electron chi connectivity index (χ1n) is 9.98. The van der Waals surface area contributed by atoms with Crippen molar-refractivity contribution in [1.82, 2.24) is 0 Å². The minimum Gasteiger partial charge on any atom is -0.495 e. The Hall–Kier alpha value is -3.23. The molecule has 0 bridgehead atoms. The summed E-state index contributed by atoms with van der Waals surface area (Å²) in [5.41, 5.74) is 2.42. The van der Waals surface area contributed by atoms with Crippen LogP contribution in [0.3, 0.4) is 0 Å². The normalized spacial score (nSPS) is 11.1. The number of methoxy groups -OCH3 is 2. The summed E-state index contributed by atoms with van der Waals surface area (Å²) < 4.78 is 38.4. The maximum absolute atomic E-state index is 13.3. The first kappa shape index (κ1) is 24.4. The molecule has 0 aromatic heterocycles. The van der Waals surface area contributed by atoms with E-state index in [1.165, 1.54) is 33.4 Å². The van der Waals surface area contributed by atoms with Crippen molar-refractivity contribution in [3.63, 3.8) is 0 Å². The summed E-state index contributed by atoms with van der Waals surface area (Å²) in [7, 11) is 0.422. The highest BCUT2D eigenvalue weighted by Gasteiger charge is 2.25. The maximum Gasteiger partial charge on any atom is 0.264 e. The molecule has 0 atom stereocenters. The zero-order valence-corrected chi connectivity index (χ0v) is 20.5. The number of anilines is 2. The van der Waals surface area contributed by atoms with Gasteiger partial charge in [0.25, 0.3) is 15.9 Å². The highest BCUT2D eigenvalue weighted by atomic mass is 35.5. The summed E-state index contributed by atoms with van der Waals surface area (Å²) in [6, 6.07) is 14.5. The lowest BCUT2D eigenvalue weighted by Gasteiger charge is -2.22. The quantitative estimate of drug-likeness (QED) is 0.503. The highest BCUT2D eigenvalue weighted by molar-refractivity contribution is 7.92. The van der Waals surface area contributed by atoms with E-state index in [0.717, 1.165) is 9.87 Å². The van der Waals surface area contributed by atoms with Crippen LogP contribution < -0.4 is 19.1 Å².